The molecule has 2 rings (SSSR count). The number of hydrogen-bond acceptors (Lipinski definition) is 2. The van der Waals surface area contributed by atoms with Gasteiger partial charge >= 0.3 is 0 Å². The van der Waals surface area contributed by atoms with Crippen molar-refractivity contribution in [3.8, 4) is 5.75 Å². The average Bonchev–Trinajstić information content (AvgIpc) is 2.41. The van der Waals surface area contributed by atoms with Crippen molar-refractivity contribution >= 4 is 5.91 Å². The SMILES string of the molecule is C[C@@H](Oc1ccc(F)cc1)C(=O)N1CCCCC1. The van der Waals surface area contributed by atoms with Crippen molar-refractivity contribution < 1.29 is 13.9 Å². The van der Waals surface area contributed by atoms with Gasteiger partial charge in [-0.25, -0.2) is 4.39 Å². The quantitative estimate of drug-likeness (QED) is 0.826. The maximum absolute atomic E-state index is 12.7. The predicted molar refractivity (Wildman–Crippen MR) is 66.9 cm³/mol. The fourth-order valence-corrected chi connectivity index (χ4v) is 2.14. The molecule has 1 fully saturated rings. The van der Waals surface area contributed by atoms with Crippen molar-refractivity contribution in [1.82, 2.24) is 4.90 Å². The number of piperidine rings is 1. The molecule has 1 heterocycles. The fraction of sp³-hybridized carbons (Fsp3) is 0.500. The highest BCUT2D eigenvalue weighted by Crippen LogP contribution is 2.16. The van der Waals surface area contributed by atoms with Gasteiger partial charge < -0.3 is 9.64 Å². The summed E-state index contributed by atoms with van der Waals surface area (Å²) in [4.78, 5) is 13.9. The Labute approximate surface area is 107 Å². The van der Waals surface area contributed by atoms with Crippen LogP contribution in [0.5, 0.6) is 5.75 Å². The van der Waals surface area contributed by atoms with Crippen LogP contribution >= 0.6 is 0 Å². The summed E-state index contributed by atoms with van der Waals surface area (Å²) < 4.78 is 18.3. The van der Waals surface area contributed by atoms with Crippen molar-refractivity contribution in [2.24, 2.45) is 0 Å². The fourth-order valence-electron chi connectivity index (χ4n) is 2.14. The minimum Gasteiger partial charge on any atom is -0.481 e. The third-order valence-corrected chi connectivity index (χ3v) is 3.14. The van der Waals surface area contributed by atoms with E-state index in [1.54, 1.807) is 6.92 Å². The molecule has 0 aliphatic carbocycles. The van der Waals surface area contributed by atoms with Crippen molar-refractivity contribution in [2.45, 2.75) is 32.3 Å². The summed E-state index contributed by atoms with van der Waals surface area (Å²) in [7, 11) is 0. The van der Waals surface area contributed by atoms with E-state index in [0.29, 0.717) is 5.75 Å². The van der Waals surface area contributed by atoms with E-state index in [-0.39, 0.29) is 11.7 Å². The Bertz CT molecular complexity index is 399. The number of likely N-dealkylation sites (tertiary alicyclic amines) is 1. The lowest BCUT2D eigenvalue weighted by Crippen LogP contribution is -2.43. The molecule has 98 valence electrons. The van der Waals surface area contributed by atoms with E-state index in [1.165, 1.54) is 30.7 Å². The molecular weight excluding hydrogens is 233 g/mol. The highest BCUT2D eigenvalue weighted by atomic mass is 19.1. The summed E-state index contributed by atoms with van der Waals surface area (Å²) in [5.41, 5.74) is 0. The second-order valence-electron chi connectivity index (χ2n) is 4.60. The van der Waals surface area contributed by atoms with Gasteiger partial charge in [-0.15, -0.1) is 0 Å². The maximum atomic E-state index is 12.7. The van der Waals surface area contributed by atoms with Crippen LogP contribution in [0.3, 0.4) is 0 Å². The summed E-state index contributed by atoms with van der Waals surface area (Å²) in [5.74, 6) is 0.227. The number of carbonyl (C=O) groups is 1. The van der Waals surface area contributed by atoms with Crippen molar-refractivity contribution in [3.63, 3.8) is 0 Å². The number of rotatable bonds is 3. The van der Waals surface area contributed by atoms with E-state index in [9.17, 15) is 9.18 Å². The lowest BCUT2D eigenvalue weighted by Gasteiger charge is -2.29. The summed E-state index contributed by atoms with van der Waals surface area (Å²) in [6.45, 7) is 3.37. The Balaban J connectivity index is 1.92. The Morgan fingerprint density at radius 1 is 1.22 bits per heavy atom. The van der Waals surface area contributed by atoms with Crippen LogP contribution in [0.1, 0.15) is 26.2 Å². The second-order valence-corrected chi connectivity index (χ2v) is 4.60. The molecule has 0 N–H and O–H groups in total. The molecule has 0 bridgehead atoms. The van der Waals surface area contributed by atoms with E-state index < -0.39 is 6.10 Å². The van der Waals surface area contributed by atoms with Gasteiger partial charge in [-0.3, -0.25) is 4.79 Å². The van der Waals surface area contributed by atoms with Gasteiger partial charge in [0.1, 0.15) is 11.6 Å². The van der Waals surface area contributed by atoms with Gasteiger partial charge in [0.25, 0.3) is 5.91 Å². The van der Waals surface area contributed by atoms with Crippen LogP contribution in [-0.4, -0.2) is 30.0 Å². The zero-order valence-electron chi connectivity index (χ0n) is 10.6. The van der Waals surface area contributed by atoms with Crippen molar-refractivity contribution in [3.05, 3.63) is 30.1 Å². The van der Waals surface area contributed by atoms with Gasteiger partial charge in [-0.05, 0) is 50.5 Å². The van der Waals surface area contributed by atoms with Crippen molar-refractivity contribution in [2.75, 3.05) is 13.1 Å². The molecule has 1 amide bonds. The van der Waals surface area contributed by atoms with Crippen molar-refractivity contribution in [1.29, 1.82) is 0 Å². The standard InChI is InChI=1S/C14H18FNO2/c1-11(14(17)16-9-3-2-4-10-16)18-13-7-5-12(15)6-8-13/h5-8,11H,2-4,9-10H2,1H3/t11-/m1/s1. The summed E-state index contributed by atoms with van der Waals surface area (Å²) in [6, 6.07) is 5.73. The van der Waals surface area contributed by atoms with Crippen LogP contribution < -0.4 is 4.74 Å². The normalized spacial score (nSPS) is 17.3. The van der Waals surface area contributed by atoms with Crippen LogP contribution in [-0.2, 0) is 4.79 Å². The minimum atomic E-state index is -0.520. The average molecular weight is 251 g/mol. The van der Waals surface area contributed by atoms with Gasteiger partial charge in [-0.1, -0.05) is 0 Å². The topological polar surface area (TPSA) is 29.5 Å². The second kappa shape index (κ2) is 5.85. The van der Waals surface area contributed by atoms with Crippen LogP contribution in [0, 0.1) is 5.82 Å². The maximum Gasteiger partial charge on any atom is 0.263 e. The molecule has 0 aromatic heterocycles. The molecule has 18 heavy (non-hydrogen) atoms. The van der Waals surface area contributed by atoms with Crippen LogP contribution in [0.15, 0.2) is 24.3 Å². The van der Waals surface area contributed by atoms with E-state index in [2.05, 4.69) is 0 Å². The summed E-state index contributed by atoms with van der Waals surface area (Å²) in [5, 5.41) is 0. The van der Waals surface area contributed by atoms with Gasteiger partial charge in [0, 0.05) is 13.1 Å². The third-order valence-electron chi connectivity index (χ3n) is 3.14. The molecule has 0 unspecified atom stereocenters. The molecule has 0 spiro atoms. The van der Waals surface area contributed by atoms with Gasteiger partial charge in [0.15, 0.2) is 6.10 Å². The highest BCUT2D eigenvalue weighted by molar-refractivity contribution is 5.81. The molecule has 1 aromatic rings. The number of nitrogens with zero attached hydrogens (tertiary/aromatic N) is 1. The number of halogens is 1. The Kier molecular flexibility index (Phi) is 4.18. The summed E-state index contributed by atoms with van der Waals surface area (Å²) >= 11 is 0. The number of hydrogen-bond donors (Lipinski definition) is 0. The van der Waals surface area contributed by atoms with Gasteiger partial charge in [0.2, 0.25) is 0 Å². The van der Waals surface area contributed by atoms with Crippen LogP contribution in [0.2, 0.25) is 0 Å². The van der Waals surface area contributed by atoms with E-state index >= 15 is 0 Å². The first-order valence-corrected chi connectivity index (χ1v) is 6.38. The van der Waals surface area contributed by atoms with Gasteiger partial charge in [0.05, 0.1) is 0 Å². The molecule has 3 nitrogen and oxygen atoms in total. The van der Waals surface area contributed by atoms with Crippen LogP contribution in [0.4, 0.5) is 4.39 Å². The Morgan fingerprint density at radius 2 is 1.83 bits per heavy atom. The Hall–Kier alpha value is -1.58. The zero-order chi connectivity index (χ0) is 13.0. The molecule has 0 radical (unpaired) electrons. The first-order chi connectivity index (χ1) is 8.66. The molecule has 1 aromatic carbocycles. The highest BCUT2D eigenvalue weighted by Gasteiger charge is 2.23. The predicted octanol–water partition coefficient (Wildman–Crippen LogP) is 2.61. The van der Waals surface area contributed by atoms with Crippen LogP contribution in [0.25, 0.3) is 0 Å². The zero-order valence-corrected chi connectivity index (χ0v) is 10.6. The molecule has 4 heteroatoms. The number of amides is 1. The summed E-state index contributed by atoms with van der Waals surface area (Å²) in [6.07, 6.45) is 2.80. The first-order valence-electron chi connectivity index (χ1n) is 6.38. The smallest absolute Gasteiger partial charge is 0.263 e. The molecule has 0 saturated carbocycles. The lowest BCUT2D eigenvalue weighted by molar-refractivity contribution is -0.138. The number of ether oxygens (including phenoxy) is 1. The van der Waals surface area contributed by atoms with Gasteiger partial charge in [-0.2, -0.15) is 0 Å². The minimum absolute atomic E-state index is 0.0130. The van der Waals surface area contributed by atoms with E-state index in [1.807, 2.05) is 4.90 Å². The van der Waals surface area contributed by atoms with E-state index in [4.69, 9.17) is 4.74 Å². The third kappa shape index (κ3) is 3.22. The molecule has 1 atom stereocenters. The molecule has 1 aliphatic rings. The number of benzene rings is 1. The monoisotopic (exact) mass is 251 g/mol. The lowest BCUT2D eigenvalue weighted by atomic mass is 10.1. The van der Waals surface area contributed by atoms with E-state index in [0.717, 1.165) is 25.9 Å². The largest absolute Gasteiger partial charge is 0.481 e. The molecule has 1 saturated heterocycles. The molecule has 1 aliphatic heterocycles. The molecular formula is C14H18FNO2. The first kappa shape index (κ1) is 12.9. The number of carbonyl (C=O) groups excluding carboxylic acids is 1. The Morgan fingerprint density at radius 3 is 2.44 bits per heavy atom.